The molecular weight excluding hydrogens is 120 g/mol. The van der Waals surface area contributed by atoms with Crippen molar-refractivity contribution in [1.82, 2.24) is 0 Å². The molecule has 0 saturated carbocycles. The van der Waals surface area contributed by atoms with Crippen LogP contribution < -0.4 is 0 Å². The molecule has 1 atom stereocenters. The van der Waals surface area contributed by atoms with Gasteiger partial charge < -0.3 is 9.84 Å². The van der Waals surface area contributed by atoms with E-state index in [1.54, 1.807) is 13.0 Å². The molecule has 1 N–H and O–H groups in total. The third kappa shape index (κ3) is 3.73. The number of ether oxygens (including phenoxy) is 1. The molecule has 0 fully saturated rings. The fraction of sp³-hybridized carbons (Fsp3) is 0.500. The highest BCUT2D eigenvalue weighted by Crippen LogP contribution is 1.86. The molecule has 0 aliphatic heterocycles. The van der Waals surface area contributed by atoms with Gasteiger partial charge in [0.1, 0.15) is 6.10 Å². The molecule has 0 saturated heterocycles. The van der Waals surface area contributed by atoms with Gasteiger partial charge in [-0.15, -0.1) is 0 Å². The maximum absolute atomic E-state index is 10.4. The van der Waals surface area contributed by atoms with Gasteiger partial charge in [-0.05, 0) is 13.8 Å². The van der Waals surface area contributed by atoms with Crippen molar-refractivity contribution >= 4 is 5.97 Å². The summed E-state index contributed by atoms with van der Waals surface area (Å²) in [5.41, 5.74) is 0. The Kier molecular flexibility index (Phi) is 3.71. The number of allylic oxidation sites excluding steroid dienone is 1. The lowest BCUT2D eigenvalue weighted by Crippen LogP contribution is -2.16. The zero-order valence-electron chi connectivity index (χ0n) is 5.50. The summed E-state index contributed by atoms with van der Waals surface area (Å²) in [4.78, 5) is 10.4. The minimum absolute atomic E-state index is 0.631. The van der Waals surface area contributed by atoms with E-state index < -0.39 is 12.1 Å². The Morgan fingerprint density at radius 1 is 1.78 bits per heavy atom. The van der Waals surface area contributed by atoms with Crippen molar-refractivity contribution < 1.29 is 14.6 Å². The third-order valence-corrected chi connectivity index (χ3v) is 0.661. The predicted octanol–water partition coefficient (Wildman–Crippen LogP) is 0.444. The second-order valence-corrected chi connectivity index (χ2v) is 1.58. The minimum atomic E-state index is -1.04. The van der Waals surface area contributed by atoms with Gasteiger partial charge in [-0.25, -0.2) is 4.79 Å². The fourth-order valence-corrected chi connectivity index (χ4v) is 0.234. The van der Waals surface area contributed by atoms with E-state index in [1.807, 2.05) is 0 Å². The number of rotatable bonds is 2. The van der Waals surface area contributed by atoms with E-state index in [0.29, 0.717) is 0 Å². The molecule has 0 amide bonds. The fourth-order valence-electron chi connectivity index (χ4n) is 0.234. The smallest absolute Gasteiger partial charge is 0.339 e. The first-order valence-electron chi connectivity index (χ1n) is 2.68. The van der Waals surface area contributed by atoms with Crippen LogP contribution in [0, 0.1) is 0 Å². The Hall–Kier alpha value is -0.830. The van der Waals surface area contributed by atoms with Gasteiger partial charge in [0.2, 0.25) is 0 Å². The maximum Gasteiger partial charge on any atom is 0.339 e. The minimum Gasteiger partial charge on any atom is -0.433 e. The van der Waals surface area contributed by atoms with E-state index in [1.165, 1.54) is 13.2 Å². The molecule has 0 radical (unpaired) electrons. The molecule has 0 rings (SSSR count). The highest BCUT2D eigenvalue weighted by atomic mass is 16.5. The number of hydrogen-bond donors (Lipinski definition) is 1. The molecule has 0 aromatic carbocycles. The van der Waals surface area contributed by atoms with Gasteiger partial charge in [-0.3, -0.25) is 0 Å². The lowest BCUT2D eigenvalue weighted by Gasteiger charge is -1.98. The zero-order valence-corrected chi connectivity index (χ0v) is 5.50. The first-order chi connectivity index (χ1) is 4.18. The summed E-state index contributed by atoms with van der Waals surface area (Å²) in [6, 6.07) is 0. The van der Waals surface area contributed by atoms with Crippen LogP contribution in [0.3, 0.4) is 0 Å². The summed E-state index contributed by atoms with van der Waals surface area (Å²) in [5, 5.41) is 8.54. The van der Waals surface area contributed by atoms with Crippen LogP contribution in [0.4, 0.5) is 0 Å². The van der Waals surface area contributed by atoms with Gasteiger partial charge in [-0.1, -0.05) is 6.08 Å². The van der Waals surface area contributed by atoms with Crippen LogP contribution in [0.1, 0.15) is 13.8 Å². The lowest BCUT2D eigenvalue weighted by molar-refractivity contribution is -0.146. The second-order valence-electron chi connectivity index (χ2n) is 1.58. The van der Waals surface area contributed by atoms with E-state index in [0.717, 1.165) is 0 Å². The van der Waals surface area contributed by atoms with Crippen molar-refractivity contribution in [2.75, 3.05) is 0 Å². The Labute approximate surface area is 53.9 Å². The van der Waals surface area contributed by atoms with Crippen molar-refractivity contribution in [2.45, 2.75) is 20.0 Å². The standard InChI is InChI=1S/C6H10O3/c1-3-4-9-6(8)5(2)7/h3-5,7H,1-2H3/b4-3-. The SMILES string of the molecule is C/C=C\OC(=O)C(C)O. The van der Waals surface area contributed by atoms with E-state index >= 15 is 0 Å². The first kappa shape index (κ1) is 8.17. The molecule has 0 aromatic rings. The largest absolute Gasteiger partial charge is 0.433 e. The Morgan fingerprint density at radius 3 is 2.67 bits per heavy atom. The number of hydrogen-bond acceptors (Lipinski definition) is 3. The van der Waals surface area contributed by atoms with Gasteiger partial charge in [0.05, 0.1) is 6.26 Å². The Morgan fingerprint density at radius 2 is 2.33 bits per heavy atom. The topological polar surface area (TPSA) is 46.5 Å². The summed E-state index contributed by atoms with van der Waals surface area (Å²) >= 11 is 0. The predicted molar refractivity (Wildman–Crippen MR) is 32.6 cm³/mol. The molecule has 0 aliphatic rings. The van der Waals surface area contributed by atoms with Gasteiger partial charge >= 0.3 is 5.97 Å². The number of carbonyl (C=O) groups excluding carboxylic acids is 1. The van der Waals surface area contributed by atoms with Gasteiger partial charge in [0.15, 0.2) is 0 Å². The highest BCUT2D eigenvalue weighted by Gasteiger charge is 2.06. The van der Waals surface area contributed by atoms with E-state index in [-0.39, 0.29) is 0 Å². The molecule has 9 heavy (non-hydrogen) atoms. The molecule has 52 valence electrons. The van der Waals surface area contributed by atoms with E-state index in [9.17, 15) is 4.79 Å². The molecule has 0 aromatic heterocycles. The van der Waals surface area contributed by atoms with Crippen LogP contribution in [-0.4, -0.2) is 17.2 Å². The molecule has 1 unspecified atom stereocenters. The van der Waals surface area contributed by atoms with Crippen molar-refractivity contribution in [3.8, 4) is 0 Å². The Balaban J connectivity index is 3.51. The number of aliphatic hydroxyl groups is 1. The third-order valence-electron chi connectivity index (χ3n) is 0.661. The molecular formula is C6H10O3. The van der Waals surface area contributed by atoms with Crippen LogP contribution in [0.25, 0.3) is 0 Å². The monoisotopic (exact) mass is 130 g/mol. The average molecular weight is 130 g/mol. The van der Waals surface area contributed by atoms with Crippen LogP contribution >= 0.6 is 0 Å². The van der Waals surface area contributed by atoms with Crippen molar-refractivity contribution in [3.63, 3.8) is 0 Å². The summed E-state index contributed by atoms with van der Waals surface area (Å²) in [6.45, 7) is 3.07. The van der Waals surface area contributed by atoms with E-state index in [2.05, 4.69) is 4.74 Å². The van der Waals surface area contributed by atoms with Crippen molar-refractivity contribution in [2.24, 2.45) is 0 Å². The average Bonchev–Trinajstić information content (AvgIpc) is 1.82. The molecule has 3 nitrogen and oxygen atoms in total. The van der Waals surface area contributed by atoms with Gasteiger partial charge in [0, 0.05) is 0 Å². The van der Waals surface area contributed by atoms with E-state index in [4.69, 9.17) is 5.11 Å². The van der Waals surface area contributed by atoms with Crippen molar-refractivity contribution in [3.05, 3.63) is 12.3 Å². The summed E-state index contributed by atoms with van der Waals surface area (Å²) in [5.74, 6) is -0.631. The quantitative estimate of drug-likeness (QED) is 0.436. The number of aliphatic hydroxyl groups excluding tert-OH is 1. The summed E-state index contributed by atoms with van der Waals surface area (Å²) < 4.78 is 4.38. The van der Waals surface area contributed by atoms with Crippen LogP contribution in [-0.2, 0) is 9.53 Å². The van der Waals surface area contributed by atoms with Crippen LogP contribution in [0.15, 0.2) is 12.3 Å². The van der Waals surface area contributed by atoms with Gasteiger partial charge in [0.25, 0.3) is 0 Å². The normalized spacial score (nSPS) is 13.7. The van der Waals surface area contributed by atoms with Crippen molar-refractivity contribution in [1.29, 1.82) is 0 Å². The molecule has 3 heteroatoms. The molecule has 0 heterocycles. The second kappa shape index (κ2) is 4.09. The number of carbonyl (C=O) groups is 1. The molecule has 0 bridgehead atoms. The Bertz CT molecular complexity index is 115. The molecule has 0 spiro atoms. The summed E-state index contributed by atoms with van der Waals surface area (Å²) in [6.07, 6.45) is 1.76. The van der Waals surface area contributed by atoms with Gasteiger partial charge in [-0.2, -0.15) is 0 Å². The number of esters is 1. The lowest BCUT2D eigenvalue weighted by atomic mass is 10.4. The molecule has 0 aliphatic carbocycles. The van der Waals surface area contributed by atoms with Crippen LogP contribution in [0.5, 0.6) is 0 Å². The first-order valence-corrected chi connectivity index (χ1v) is 2.68. The summed E-state index contributed by atoms with van der Waals surface area (Å²) in [7, 11) is 0. The van der Waals surface area contributed by atoms with Crippen LogP contribution in [0.2, 0.25) is 0 Å². The zero-order chi connectivity index (χ0) is 7.28. The maximum atomic E-state index is 10.4. The highest BCUT2D eigenvalue weighted by molar-refractivity contribution is 5.74.